The second-order valence-corrected chi connectivity index (χ2v) is 5.13. The van der Waals surface area contributed by atoms with E-state index in [2.05, 4.69) is 15.9 Å². The van der Waals surface area contributed by atoms with Crippen molar-refractivity contribution >= 4 is 39.1 Å². The maximum absolute atomic E-state index is 11.9. The normalized spacial score (nSPS) is 19.8. The summed E-state index contributed by atoms with van der Waals surface area (Å²) in [5, 5.41) is 1.44. The van der Waals surface area contributed by atoms with Gasteiger partial charge in [0.25, 0.3) is 0 Å². The maximum atomic E-state index is 11.9. The predicted octanol–water partition coefficient (Wildman–Crippen LogP) is 3.10. The van der Waals surface area contributed by atoms with Gasteiger partial charge in [-0.25, -0.2) is 0 Å². The lowest BCUT2D eigenvalue weighted by Gasteiger charge is -2.19. The molecule has 0 spiro atoms. The number of benzene rings is 1. The van der Waals surface area contributed by atoms with Crippen molar-refractivity contribution in [2.75, 3.05) is 23.9 Å². The van der Waals surface area contributed by atoms with Gasteiger partial charge in [0.1, 0.15) is 5.75 Å². The van der Waals surface area contributed by atoms with Crippen LogP contribution in [-0.2, 0) is 4.79 Å². The molecule has 1 saturated heterocycles. The molecule has 1 heterocycles. The lowest BCUT2D eigenvalue weighted by Crippen LogP contribution is -2.25. The number of carbonyl (C=O) groups is 1. The molecular weight excluding hydrogens is 305 g/mol. The molecule has 1 aliphatic heterocycles. The number of methoxy groups -OCH3 is 1. The zero-order valence-electron chi connectivity index (χ0n) is 9.45. The van der Waals surface area contributed by atoms with Crippen LogP contribution >= 0.6 is 27.5 Å². The Kier molecular flexibility index (Phi) is 3.94. The van der Waals surface area contributed by atoms with Crippen molar-refractivity contribution in [3.8, 4) is 5.75 Å². The van der Waals surface area contributed by atoms with Crippen molar-refractivity contribution in [1.82, 2.24) is 0 Å². The summed E-state index contributed by atoms with van der Waals surface area (Å²) in [4.78, 5) is 13.7. The van der Waals surface area contributed by atoms with E-state index in [1.807, 2.05) is 6.07 Å². The molecule has 0 aromatic heterocycles. The van der Waals surface area contributed by atoms with Crippen LogP contribution in [0.2, 0.25) is 5.02 Å². The Morgan fingerprint density at radius 1 is 1.59 bits per heavy atom. The summed E-state index contributed by atoms with van der Waals surface area (Å²) in [6.07, 6.45) is 0.580. The molecule has 5 heteroatoms. The van der Waals surface area contributed by atoms with Crippen LogP contribution in [0.4, 0.5) is 5.69 Å². The number of anilines is 1. The monoisotopic (exact) mass is 317 g/mol. The molecule has 0 bridgehead atoms. The third-order valence-electron chi connectivity index (χ3n) is 2.86. The summed E-state index contributed by atoms with van der Waals surface area (Å²) < 4.78 is 5.27. The van der Waals surface area contributed by atoms with Gasteiger partial charge in [0, 0.05) is 29.4 Å². The smallest absolute Gasteiger partial charge is 0.227 e. The number of halogens is 2. The molecule has 1 fully saturated rings. The molecule has 0 radical (unpaired) electrons. The molecule has 3 nitrogen and oxygen atoms in total. The van der Waals surface area contributed by atoms with Crippen molar-refractivity contribution < 1.29 is 9.53 Å². The minimum Gasteiger partial charge on any atom is -0.495 e. The fourth-order valence-electron chi connectivity index (χ4n) is 1.99. The quantitative estimate of drug-likeness (QED) is 0.802. The van der Waals surface area contributed by atoms with Crippen LogP contribution in [0.3, 0.4) is 0 Å². The van der Waals surface area contributed by atoms with Gasteiger partial charge in [-0.3, -0.25) is 4.79 Å². The number of alkyl halides is 1. The molecule has 1 aromatic rings. The number of carbonyl (C=O) groups excluding carboxylic acids is 1. The average Bonchev–Trinajstić information content (AvgIpc) is 2.70. The highest BCUT2D eigenvalue weighted by atomic mass is 79.9. The first-order valence-electron chi connectivity index (χ1n) is 5.35. The molecule has 2 rings (SSSR count). The Labute approximate surface area is 114 Å². The van der Waals surface area contributed by atoms with Gasteiger partial charge >= 0.3 is 0 Å². The lowest BCUT2D eigenvalue weighted by atomic mass is 10.2. The lowest BCUT2D eigenvalue weighted by molar-refractivity contribution is -0.117. The second-order valence-electron chi connectivity index (χ2n) is 4.04. The van der Waals surface area contributed by atoms with E-state index in [0.29, 0.717) is 23.1 Å². The highest BCUT2D eigenvalue weighted by Crippen LogP contribution is 2.35. The average molecular weight is 319 g/mol. The van der Waals surface area contributed by atoms with Gasteiger partial charge in [0.05, 0.1) is 12.8 Å². The Hall–Kier alpha value is -0.740. The van der Waals surface area contributed by atoms with Gasteiger partial charge < -0.3 is 9.64 Å². The second kappa shape index (κ2) is 5.27. The fourth-order valence-corrected chi connectivity index (χ4v) is 2.59. The van der Waals surface area contributed by atoms with Gasteiger partial charge in [0.2, 0.25) is 5.91 Å². The summed E-state index contributed by atoms with van der Waals surface area (Å²) in [6.45, 7) is 0.724. The van der Waals surface area contributed by atoms with E-state index >= 15 is 0 Å². The van der Waals surface area contributed by atoms with Gasteiger partial charge in [0.15, 0.2) is 0 Å². The van der Waals surface area contributed by atoms with Crippen LogP contribution in [0.15, 0.2) is 18.2 Å². The number of ether oxygens (including phenoxy) is 1. The minimum absolute atomic E-state index is 0.134. The standard InChI is InChI=1S/C12H13BrClNO2/c1-17-11-5-9(14)2-3-10(11)15-7-8(6-13)4-12(15)16/h2-3,5,8H,4,6-7H2,1H3. The molecule has 0 saturated carbocycles. The molecule has 0 N–H and O–H groups in total. The molecule has 17 heavy (non-hydrogen) atoms. The molecular formula is C12H13BrClNO2. The maximum Gasteiger partial charge on any atom is 0.227 e. The molecule has 0 aliphatic carbocycles. The SMILES string of the molecule is COc1cc(Cl)ccc1N1CC(CBr)CC1=O. The molecule has 92 valence electrons. The minimum atomic E-state index is 0.134. The molecule has 1 aliphatic rings. The van der Waals surface area contributed by atoms with Crippen molar-refractivity contribution in [1.29, 1.82) is 0 Å². The predicted molar refractivity (Wildman–Crippen MR) is 72.3 cm³/mol. The molecule has 1 unspecified atom stereocenters. The summed E-state index contributed by atoms with van der Waals surface area (Å²) in [6, 6.07) is 5.33. The Morgan fingerprint density at radius 3 is 2.94 bits per heavy atom. The van der Waals surface area contributed by atoms with E-state index in [1.165, 1.54) is 0 Å². The van der Waals surface area contributed by atoms with Crippen molar-refractivity contribution in [2.45, 2.75) is 6.42 Å². The van der Waals surface area contributed by atoms with Gasteiger partial charge in [-0.05, 0) is 18.1 Å². The van der Waals surface area contributed by atoms with Gasteiger partial charge in [-0.15, -0.1) is 0 Å². The summed E-state index contributed by atoms with van der Waals surface area (Å²) in [7, 11) is 1.58. The van der Waals surface area contributed by atoms with E-state index in [1.54, 1.807) is 24.1 Å². The zero-order chi connectivity index (χ0) is 12.4. The van der Waals surface area contributed by atoms with Crippen LogP contribution in [0.5, 0.6) is 5.75 Å². The number of rotatable bonds is 3. The first-order chi connectivity index (χ1) is 8.15. The van der Waals surface area contributed by atoms with Crippen LogP contribution < -0.4 is 9.64 Å². The molecule has 1 amide bonds. The van der Waals surface area contributed by atoms with Gasteiger partial charge in [-0.1, -0.05) is 27.5 Å². The van der Waals surface area contributed by atoms with E-state index < -0.39 is 0 Å². The van der Waals surface area contributed by atoms with Crippen LogP contribution in [0.25, 0.3) is 0 Å². The van der Waals surface area contributed by atoms with E-state index in [0.717, 1.165) is 17.6 Å². The van der Waals surface area contributed by atoms with E-state index in [-0.39, 0.29) is 5.91 Å². The van der Waals surface area contributed by atoms with Crippen LogP contribution in [-0.4, -0.2) is 24.9 Å². The number of amides is 1. The van der Waals surface area contributed by atoms with E-state index in [4.69, 9.17) is 16.3 Å². The van der Waals surface area contributed by atoms with Crippen molar-refractivity contribution in [3.05, 3.63) is 23.2 Å². The highest BCUT2D eigenvalue weighted by Gasteiger charge is 2.31. The Morgan fingerprint density at radius 2 is 2.35 bits per heavy atom. The van der Waals surface area contributed by atoms with Crippen molar-refractivity contribution in [3.63, 3.8) is 0 Å². The topological polar surface area (TPSA) is 29.5 Å². The third-order valence-corrected chi connectivity index (χ3v) is 4.01. The third kappa shape index (κ3) is 2.58. The molecule has 1 aromatic carbocycles. The Bertz CT molecular complexity index is 439. The fraction of sp³-hybridized carbons (Fsp3) is 0.417. The van der Waals surface area contributed by atoms with Crippen LogP contribution in [0.1, 0.15) is 6.42 Å². The summed E-state index contributed by atoms with van der Waals surface area (Å²) >= 11 is 9.32. The van der Waals surface area contributed by atoms with Gasteiger partial charge in [-0.2, -0.15) is 0 Å². The van der Waals surface area contributed by atoms with E-state index in [9.17, 15) is 4.79 Å². The zero-order valence-corrected chi connectivity index (χ0v) is 11.8. The summed E-state index contributed by atoms with van der Waals surface area (Å²) in [5.74, 6) is 1.14. The number of hydrogen-bond acceptors (Lipinski definition) is 2. The Balaban J connectivity index is 2.31. The molecule has 1 atom stereocenters. The largest absolute Gasteiger partial charge is 0.495 e. The summed E-state index contributed by atoms with van der Waals surface area (Å²) in [5.41, 5.74) is 0.797. The first kappa shape index (κ1) is 12.7. The number of nitrogens with zero attached hydrogens (tertiary/aromatic N) is 1. The first-order valence-corrected chi connectivity index (χ1v) is 6.85. The van der Waals surface area contributed by atoms with Crippen LogP contribution in [0, 0.1) is 5.92 Å². The highest BCUT2D eigenvalue weighted by molar-refractivity contribution is 9.09. The van der Waals surface area contributed by atoms with Crippen molar-refractivity contribution in [2.24, 2.45) is 5.92 Å². The number of hydrogen-bond donors (Lipinski definition) is 0.